The Balaban J connectivity index is 3.14. The van der Waals surface area contributed by atoms with Crippen molar-refractivity contribution >= 4 is 37.5 Å². The van der Waals surface area contributed by atoms with E-state index in [1.807, 2.05) is 50.0 Å². The fourth-order valence-electron chi connectivity index (χ4n) is 1.67. The monoisotopic (exact) mass is 334 g/mol. The SMILES string of the molecule is CCOC(=O)C(Cl)(Cl)C(O[Si](C)(C)C)c1ccccc1. The zero-order valence-electron chi connectivity index (χ0n) is 12.2. The van der Waals surface area contributed by atoms with Gasteiger partial charge in [-0.1, -0.05) is 53.5 Å². The van der Waals surface area contributed by atoms with Crippen molar-refractivity contribution < 1.29 is 14.0 Å². The van der Waals surface area contributed by atoms with Crippen molar-refractivity contribution in [2.45, 2.75) is 37.0 Å². The molecule has 0 aliphatic rings. The van der Waals surface area contributed by atoms with Gasteiger partial charge in [0.1, 0.15) is 6.10 Å². The van der Waals surface area contributed by atoms with Gasteiger partial charge in [0.15, 0.2) is 8.32 Å². The summed E-state index contributed by atoms with van der Waals surface area (Å²) < 4.78 is 9.22. The van der Waals surface area contributed by atoms with Gasteiger partial charge < -0.3 is 9.16 Å². The van der Waals surface area contributed by atoms with E-state index in [0.29, 0.717) is 0 Å². The van der Waals surface area contributed by atoms with Gasteiger partial charge in [0, 0.05) is 0 Å². The summed E-state index contributed by atoms with van der Waals surface area (Å²) in [4.78, 5) is 12.0. The van der Waals surface area contributed by atoms with Crippen molar-refractivity contribution in [1.82, 2.24) is 0 Å². The van der Waals surface area contributed by atoms with Gasteiger partial charge >= 0.3 is 5.97 Å². The molecular weight excluding hydrogens is 315 g/mol. The van der Waals surface area contributed by atoms with Crippen molar-refractivity contribution in [2.75, 3.05) is 6.61 Å². The predicted octanol–water partition coefficient (Wildman–Crippen LogP) is 4.32. The molecule has 1 rings (SSSR count). The lowest BCUT2D eigenvalue weighted by Crippen LogP contribution is -2.41. The number of rotatable bonds is 6. The molecule has 0 aliphatic carbocycles. The predicted molar refractivity (Wildman–Crippen MR) is 84.7 cm³/mol. The Morgan fingerprint density at radius 1 is 1.25 bits per heavy atom. The number of benzene rings is 1. The second kappa shape index (κ2) is 6.94. The van der Waals surface area contributed by atoms with Gasteiger partial charge in [-0.05, 0) is 32.1 Å². The first-order valence-electron chi connectivity index (χ1n) is 6.46. The Hall–Kier alpha value is -0.553. The Morgan fingerprint density at radius 2 is 1.80 bits per heavy atom. The maximum atomic E-state index is 12.0. The normalized spacial score (nSPS) is 13.9. The Bertz CT molecular complexity index is 443. The molecule has 0 aromatic heterocycles. The lowest BCUT2D eigenvalue weighted by Gasteiger charge is -2.33. The average Bonchev–Trinajstić information content (AvgIpc) is 2.36. The maximum absolute atomic E-state index is 12.0. The van der Waals surface area contributed by atoms with E-state index in [2.05, 4.69) is 0 Å². The van der Waals surface area contributed by atoms with Crippen LogP contribution in [0.5, 0.6) is 0 Å². The van der Waals surface area contributed by atoms with Crippen LogP contribution in [0.2, 0.25) is 19.6 Å². The molecule has 20 heavy (non-hydrogen) atoms. The molecular formula is C14H20Cl2O3Si. The third-order valence-electron chi connectivity index (χ3n) is 2.45. The molecule has 0 spiro atoms. The fraction of sp³-hybridized carbons (Fsp3) is 0.500. The van der Waals surface area contributed by atoms with Crippen molar-refractivity contribution in [1.29, 1.82) is 0 Å². The largest absolute Gasteiger partial charge is 0.464 e. The van der Waals surface area contributed by atoms with Gasteiger partial charge in [0.2, 0.25) is 4.33 Å². The average molecular weight is 335 g/mol. The van der Waals surface area contributed by atoms with Gasteiger partial charge in [-0.15, -0.1) is 0 Å². The zero-order chi connectivity index (χ0) is 15.4. The quantitative estimate of drug-likeness (QED) is 0.441. The molecule has 1 aromatic carbocycles. The molecule has 0 fully saturated rings. The third kappa shape index (κ3) is 4.77. The van der Waals surface area contributed by atoms with Crippen LogP contribution in [0.1, 0.15) is 18.6 Å². The van der Waals surface area contributed by atoms with Crippen LogP contribution in [0.25, 0.3) is 0 Å². The minimum absolute atomic E-state index is 0.217. The molecule has 112 valence electrons. The molecule has 0 saturated carbocycles. The lowest BCUT2D eigenvalue weighted by atomic mass is 10.1. The number of alkyl halides is 2. The number of halogens is 2. The first kappa shape index (κ1) is 17.5. The van der Waals surface area contributed by atoms with E-state index in [1.54, 1.807) is 6.92 Å². The molecule has 0 amide bonds. The van der Waals surface area contributed by atoms with Crippen molar-refractivity contribution in [3.8, 4) is 0 Å². The first-order valence-corrected chi connectivity index (χ1v) is 10.6. The summed E-state index contributed by atoms with van der Waals surface area (Å²) in [6, 6.07) is 9.26. The van der Waals surface area contributed by atoms with E-state index in [0.717, 1.165) is 5.56 Å². The van der Waals surface area contributed by atoms with Gasteiger partial charge in [-0.3, -0.25) is 0 Å². The van der Waals surface area contributed by atoms with Crippen LogP contribution in [0, 0.1) is 0 Å². The molecule has 0 radical (unpaired) electrons. The van der Waals surface area contributed by atoms with Gasteiger partial charge in [-0.2, -0.15) is 0 Å². The number of hydrogen-bond acceptors (Lipinski definition) is 3. The van der Waals surface area contributed by atoms with E-state index in [9.17, 15) is 4.79 Å². The van der Waals surface area contributed by atoms with E-state index >= 15 is 0 Å². The van der Waals surface area contributed by atoms with Gasteiger partial charge in [0.05, 0.1) is 6.61 Å². The van der Waals surface area contributed by atoms with Crippen LogP contribution in [0.4, 0.5) is 0 Å². The third-order valence-corrected chi connectivity index (χ3v) is 4.10. The highest BCUT2D eigenvalue weighted by Gasteiger charge is 2.47. The molecule has 6 heteroatoms. The van der Waals surface area contributed by atoms with Crippen molar-refractivity contribution in [3.63, 3.8) is 0 Å². The molecule has 1 atom stereocenters. The zero-order valence-corrected chi connectivity index (χ0v) is 14.7. The van der Waals surface area contributed by atoms with E-state index in [1.165, 1.54) is 0 Å². The highest BCUT2D eigenvalue weighted by molar-refractivity contribution is 6.70. The molecule has 0 bridgehead atoms. The Morgan fingerprint density at radius 3 is 2.25 bits per heavy atom. The maximum Gasteiger partial charge on any atom is 0.345 e. The molecule has 0 saturated heterocycles. The van der Waals surface area contributed by atoms with Crippen LogP contribution in [-0.2, 0) is 14.0 Å². The van der Waals surface area contributed by atoms with Crippen LogP contribution >= 0.6 is 23.2 Å². The van der Waals surface area contributed by atoms with Crippen molar-refractivity contribution in [3.05, 3.63) is 35.9 Å². The highest BCUT2D eigenvalue weighted by atomic mass is 35.5. The summed E-state index contributed by atoms with van der Waals surface area (Å²) in [5.74, 6) is -0.685. The Kier molecular flexibility index (Phi) is 6.07. The minimum atomic E-state index is -1.96. The number of hydrogen-bond donors (Lipinski definition) is 0. The molecule has 1 unspecified atom stereocenters. The molecule has 0 heterocycles. The first-order chi connectivity index (χ1) is 9.18. The minimum Gasteiger partial charge on any atom is -0.464 e. The number of ether oxygens (including phenoxy) is 1. The van der Waals surface area contributed by atoms with Crippen LogP contribution < -0.4 is 0 Å². The van der Waals surface area contributed by atoms with Crippen LogP contribution in [0.15, 0.2) is 30.3 Å². The smallest absolute Gasteiger partial charge is 0.345 e. The summed E-state index contributed by atoms with van der Waals surface area (Å²) in [6.07, 6.45) is -0.752. The summed E-state index contributed by atoms with van der Waals surface area (Å²) in [5, 5.41) is 0. The fourth-order valence-corrected chi connectivity index (χ4v) is 3.29. The molecule has 0 N–H and O–H groups in total. The number of carbonyl (C=O) groups is 1. The lowest BCUT2D eigenvalue weighted by molar-refractivity contribution is -0.146. The molecule has 1 aromatic rings. The Labute approximate surface area is 131 Å². The second-order valence-corrected chi connectivity index (χ2v) is 11.2. The topological polar surface area (TPSA) is 35.5 Å². The molecule has 0 aliphatic heterocycles. The van der Waals surface area contributed by atoms with Crippen molar-refractivity contribution in [2.24, 2.45) is 0 Å². The summed E-state index contributed by atoms with van der Waals surface area (Å²) in [5.41, 5.74) is 0.757. The second-order valence-electron chi connectivity index (χ2n) is 5.36. The van der Waals surface area contributed by atoms with Crippen LogP contribution in [0.3, 0.4) is 0 Å². The standard InChI is InChI=1S/C14H20Cl2O3Si/c1-5-18-13(17)14(15,16)12(19-20(2,3)4)11-9-7-6-8-10-11/h6-10,12H,5H2,1-4H3. The van der Waals surface area contributed by atoms with E-state index in [-0.39, 0.29) is 6.61 Å². The summed E-state index contributed by atoms with van der Waals surface area (Å²) in [7, 11) is -1.96. The summed E-state index contributed by atoms with van der Waals surface area (Å²) in [6.45, 7) is 7.96. The van der Waals surface area contributed by atoms with Gasteiger partial charge in [-0.25, -0.2) is 4.79 Å². The summed E-state index contributed by atoms with van der Waals surface area (Å²) >= 11 is 12.5. The van der Waals surface area contributed by atoms with Crippen LogP contribution in [-0.4, -0.2) is 25.2 Å². The number of carbonyl (C=O) groups excluding carboxylic acids is 1. The number of esters is 1. The van der Waals surface area contributed by atoms with Gasteiger partial charge in [0.25, 0.3) is 0 Å². The molecule has 3 nitrogen and oxygen atoms in total. The van der Waals surface area contributed by atoms with E-state index in [4.69, 9.17) is 32.4 Å². The highest BCUT2D eigenvalue weighted by Crippen LogP contribution is 2.41. The van der Waals surface area contributed by atoms with E-state index < -0.39 is 24.7 Å².